The van der Waals surface area contributed by atoms with Crippen molar-refractivity contribution in [2.45, 2.75) is 51.2 Å². The Kier molecular flexibility index (Phi) is 4.17. The van der Waals surface area contributed by atoms with Gasteiger partial charge in [0, 0.05) is 11.4 Å². The second kappa shape index (κ2) is 6.46. The van der Waals surface area contributed by atoms with Crippen molar-refractivity contribution in [1.82, 2.24) is 5.32 Å². The number of hydrogen-bond donors (Lipinski definition) is 1. The molecule has 2 bridgehead atoms. The summed E-state index contributed by atoms with van der Waals surface area (Å²) in [4.78, 5) is 12.7. The summed E-state index contributed by atoms with van der Waals surface area (Å²) in [5, 5.41) is 5.46. The van der Waals surface area contributed by atoms with Crippen LogP contribution in [0.25, 0.3) is 10.8 Å². The number of carbonyl (C=O) groups is 1. The van der Waals surface area contributed by atoms with Crippen molar-refractivity contribution in [1.29, 1.82) is 0 Å². The number of ether oxygens (including phenoxy) is 1. The average molecular weight is 323 g/mol. The van der Waals surface area contributed by atoms with Gasteiger partial charge < -0.3 is 10.1 Å². The first-order valence-corrected chi connectivity index (χ1v) is 9.19. The van der Waals surface area contributed by atoms with Crippen LogP contribution in [0.2, 0.25) is 0 Å². The summed E-state index contributed by atoms with van der Waals surface area (Å²) in [6.07, 6.45) is 5.33. The lowest BCUT2D eigenvalue weighted by atomic mass is 9.95. The summed E-state index contributed by atoms with van der Waals surface area (Å²) in [5.74, 6) is 2.36. The van der Waals surface area contributed by atoms with Gasteiger partial charge in [-0.05, 0) is 49.0 Å². The van der Waals surface area contributed by atoms with E-state index in [1.807, 2.05) is 37.3 Å². The van der Waals surface area contributed by atoms with Crippen LogP contribution in [-0.2, 0) is 4.79 Å². The molecule has 2 aliphatic carbocycles. The summed E-state index contributed by atoms with van der Waals surface area (Å²) >= 11 is 0. The number of hydrogen-bond acceptors (Lipinski definition) is 2. The number of benzene rings is 2. The van der Waals surface area contributed by atoms with Crippen LogP contribution >= 0.6 is 0 Å². The van der Waals surface area contributed by atoms with E-state index in [-0.39, 0.29) is 5.91 Å². The smallest absolute Gasteiger partial charge is 0.261 e. The minimum absolute atomic E-state index is 0.0444. The van der Waals surface area contributed by atoms with Gasteiger partial charge in [-0.2, -0.15) is 0 Å². The van der Waals surface area contributed by atoms with Crippen molar-refractivity contribution in [3.8, 4) is 5.75 Å². The third-order valence-corrected chi connectivity index (χ3v) is 5.75. The Morgan fingerprint density at radius 1 is 1.17 bits per heavy atom. The Hall–Kier alpha value is -2.03. The topological polar surface area (TPSA) is 38.3 Å². The largest absolute Gasteiger partial charge is 0.480 e. The third kappa shape index (κ3) is 2.88. The Morgan fingerprint density at radius 3 is 2.75 bits per heavy atom. The molecule has 0 heterocycles. The van der Waals surface area contributed by atoms with Crippen molar-refractivity contribution >= 4 is 16.7 Å². The summed E-state index contributed by atoms with van der Waals surface area (Å²) < 4.78 is 6.12. The molecule has 0 radical (unpaired) electrons. The predicted molar refractivity (Wildman–Crippen MR) is 96.0 cm³/mol. The van der Waals surface area contributed by atoms with Crippen molar-refractivity contribution in [2.24, 2.45) is 11.8 Å². The van der Waals surface area contributed by atoms with Crippen LogP contribution in [0.1, 0.15) is 39.0 Å². The van der Waals surface area contributed by atoms with E-state index in [9.17, 15) is 4.79 Å². The maximum absolute atomic E-state index is 12.7. The molecule has 0 spiro atoms. The maximum atomic E-state index is 12.7. The predicted octanol–water partition coefficient (Wildman–Crippen LogP) is 4.30. The van der Waals surface area contributed by atoms with Crippen LogP contribution in [0.15, 0.2) is 42.5 Å². The van der Waals surface area contributed by atoms with E-state index in [0.29, 0.717) is 18.4 Å². The van der Waals surface area contributed by atoms with E-state index in [1.54, 1.807) is 0 Å². The fourth-order valence-electron chi connectivity index (χ4n) is 4.47. The van der Waals surface area contributed by atoms with Gasteiger partial charge in [0.05, 0.1) is 0 Å². The molecule has 1 amide bonds. The van der Waals surface area contributed by atoms with Crippen molar-refractivity contribution in [3.05, 3.63) is 42.5 Å². The molecule has 0 aromatic heterocycles. The van der Waals surface area contributed by atoms with Crippen LogP contribution in [0.4, 0.5) is 0 Å². The molecular formula is C21H25NO2. The number of carbonyl (C=O) groups excluding carboxylic acids is 1. The molecule has 2 aliphatic rings. The zero-order valence-corrected chi connectivity index (χ0v) is 14.2. The molecule has 0 saturated heterocycles. The van der Waals surface area contributed by atoms with Crippen LogP contribution in [0, 0.1) is 11.8 Å². The first-order valence-electron chi connectivity index (χ1n) is 9.19. The minimum atomic E-state index is -0.421. The molecule has 4 rings (SSSR count). The van der Waals surface area contributed by atoms with E-state index >= 15 is 0 Å². The molecule has 126 valence electrons. The first-order chi connectivity index (χ1) is 11.7. The van der Waals surface area contributed by atoms with E-state index in [0.717, 1.165) is 28.9 Å². The highest BCUT2D eigenvalue weighted by atomic mass is 16.5. The van der Waals surface area contributed by atoms with Gasteiger partial charge >= 0.3 is 0 Å². The molecule has 0 unspecified atom stereocenters. The minimum Gasteiger partial charge on any atom is -0.480 e. The quantitative estimate of drug-likeness (QED) is 0.891. The van der Waals surface area contributed by atoms with Gasteiger partial charge in [-0.15, -0.1) is 0 Å². The highest BCUT2D eigenvalue weighted by Crippen LogP contribution is 2.44. The van der Waals surface area contributed by atoms with Crippen LogP contribution in [0.3, 0.4) is 0 Å². The number of fused-ring (bicyclic) bond motifs is 3. The summed E-state index contributed by atoms with van der Waals surface area (Å²) in [5.41, 5.74) is 0. The lowest BCUT2D eigenvalue weighted by Crippen LogP contribution is -2.45. The fraction of sp³-hybridized carbons (Fsp3) is 0.476. The SMILES string of the molecule is CC[C@H](Oc1cccc2ccccc12)C(=O)N[C@@H]1C[C@@H]2CC[C@@H]1C2. The first kappa shape index (κ1) is 15.5. The number of nitrogens with one attached hydrogen (secondary N) is 1. The molecule has 2 fully saturated rings. The summed E-state index contributed by atoms with van der Waals surface area (Å²) in [6.45, 7) is 2.01. The van der Waals surface area contributed by atoms with E-state index in [2.05, 4.69) is 17.4 Å². The summed E-state index contributed by atoms with van der Waals surface area (Å²) in [6, 6.07) is 14.5. The standard InChI is InChI=1S/C21H25NO2/c1-2-19(21(23)22-18-13-14-10-11-16(18)12-14)24-20-9-5-7-15-6-3-4-8-17(15)20/h3-9,14,16,18-19H,2,10-13H2,1H3,(H,22,23)/t14-,16-,18-,19+/m1/s1. The Morgan fingerprint density at radius 2 is 2.00 bits per heavy atom. The Balaban J connectivity index is 1.48. The molecule has 3 nitrogen and oxygen atoms in total. The van der Waals surface area contributed by atoms with Gasteiger partial charge in [0.1, 0.15) is 5.75 Å². The molecule has 0 aliphatic heterocycles. The maximum Gasteiger partial charge on any atom is 0.261 e. The van der Waals surface area contributed by atoms with Crippen molar-refractivity contribution in [2.75, 3.05) is 0 Å². The van der Waals surface area contributed by atoms with E-state index in [1.165, 1.54) is 19.3 Å². The fourth-order valence-corrected chi connectivity index (χ4v) is 4.47. The monoisotopic (exact) mass is 323 g/mol. The molecule has 4 atom stereocenters. The van der Waals surface area contributed by atoms with Crippen LogP contribution in [-0.4, -0.2) is 18.1 Å². The lowest BCUT2D eigenvalue weighted by molar-refractivity contribution is -0.129. The van der Waals surface area contributed by atoms with Crippen LogP contribution < -0.4 is 10.1 Å². The molecule has 24 heavy (non-hydrogen) atoms. The van der Waals surface area contributed by atoms with Gasteiger partial charge in [-0.1, -0.05) is 49.7 Å². The second-order valence-corrected chi connectivity index (χ2v) is 7.28. The highest BCUT2D eigenvalue weighted by molar-refractivity contribution is 5.89. The van der Waals surface area contributed by atoms with Gasteiger partial charge in [0.15, 0.2) is 6.10 Å². The van der Waals surface area contributed by atoms with Gasteiger partial charge in [-0.3, -0.25) is 4.79 Å². The molecule has 2 saturated carbocycles. The lowest BCUT2D eigenvalue weighted by Gasteiger charge is -2.26. The number of rotatable bonds is 5. The third-order valence-electron chi connectivity index (χ3n) is 5.75. The zero-order valence-electron chi connectivity index (χ0n) is 14.2. The second-order valence-electron chi connectivity index (χ2n) is 7.28. The normalized spacial score (nSPS) is 26.5. The molecule has 1 N–H and O–H groups in total. The number of amides is 1. The Labute approximate surface area is 143 Å². The molecule has 3 heteroatoms. The van der Waals surface area contributed by atoms with Gasteiger partial charge in [0.2, 0.25) is 0 Å². The molecule has 2 aromatic rings. The van der Waals surface area contributed by atoms with Gasteiger partial charge in [0.25, 0.3) is 5.91 Å². The summed E-state index contributed by atoms with van der Waals surface area (Å²) in [7, 11) is 0. The van der Waals surface area contributed by atoms with Gasteiger partial charge in [-0.25, -0.2) is 0 Å². The Bertz CT molecular complexity index is 736. The highest BCUT2D eigenvalue weighted by Gasteiger charge is 2.40. The van der Waals surface area contributed by atoms with Crippen LogP contribution in [0.5, 0.6) is 5.75 Å². The molecular weight excluding hydrogens is 298 g/mol. The van der Waals surface area contributed by atoms with E-state index < -0.39 is 6.10 Å². The van der Waals surface area contributed by atoms with E-state index in [4.69, 9.17) is 4.74 Å². The van der Waals surface area contributed by atoms with Crippen molar-refractivity contribution in [3.63, 3.8) is 0 Å². The van der Waals surface area contributed by atoms with Crippen molar-refractivity contribution < 1.29 is 9.53 Å². The molecule has 2 aromatic carbocycles. The average Bonchev–Trinajstić information content (AvgIpc) is 3.22. The zero-order chi connectivity index (χ0) is 16.5.